The van der Waals surface area contributed by atoms with Gasteiger partial charge in [-0.05, 0) is 31.2 Å². The zero-order chi connectivity index (χ0) is 14.0. The van der Waals surface area contributed by atoms with E-state index < -0.39 is 0 Å². The van der Waals surface area contributed by atoms with Crippen LogP contribution in [0.1, 0.15) is 21.9 Å². The lowest BCUT2D eigenvalue weighted by molar-refractivity contribution is 0.0776. The van der Waals surface area contributed by atoms with Crippen molar-refractivity contribution in [3.63, 3.8) is 0 Å². The van der Waals surface area contributed by atoms with Crippen LogP contribution >= 0.6 is 11.6 Å². The Bertz CT molecular complexity index is 587. The highest BCUT2D eigenvalue weighted by molar-refractivity contribution is 6.34. The number of amides is 1. The molecular formula is C14H15ClN2O2. The SMILES string of the molecule is Cc1ccc(CN(C)C(=O)c2c(N)cccc2Cl)o1. The molecule has 0 aliphatic carbocycles. The maximum absolute atomic E-state index is 12.3. The van der Waals surface area contributed by atoms with Crippen LogP contribution in [0.4, 0.5) is 5.69 Å². The van der Waals surface area contributed by atoms with Crippen molar-refractivity contribution in [1.82, 2.24) is 4.90 Å². The van der Waals surface area contributed by atoms with Crippen LogP contribution in [0.3, 0.4) is 0 Å². The predicted molar refractivity (Wildman–Crippen MR) is 75.1 cm³/mol. The first-order valence-corrected chi connectivity index (χ1v) is 6.21. The average molecular weight is 279 g/mol. The molecule has 0 spiro atoms. The summed E-state index contributed by atoms with van der Waals surface area (Å²) in [6.45, 7) is 2.23. The second-order valence-corrected chi connectivity index (χ2v) is 4.78. The van der Waals surface area contributed by atoms with Gasteiger partial charge in [-0.1, -0.05) is 17.7 Å². The molecule has 2 aromatic rings. The van der Waals surface area contributed by atoms with Gasteiger partial charge in [-0.3, -0.25) is 4.79 Å². The third-order valence-corrected chi connectivity index (χ3v) is 3.11. The molecule has 0 aliphatic heterocycles. The second-order valence-electron chi connectivity index (χ2n) is 4.38. The lowest BCUT2D eigenvalue weighted by atomic mass is 10.1. The first kappa shape index (κ1) is 13.5. The Morgan fingerprint density at radius 2 is 2.11 bits per heavy atom. The molecule has 1 aromatic carbocycles. The fraction of sp³-hybridized carbons (Fsp3) is 0.214. The summed E-state index contributed by atoms with van der Waals surface area (Å²) < 4.78 is 5.44. The Hall–Kier alpha value is -1.94. The van der Waals surface area contributed by atoms with Crippen molar-refractivity contribution in [2.75, 3.05) is 12.8 Å². The number of nitrogen functional groups attached to an aromatic ring is 1. The summed E-state index contributed by atoms with van der Waals surface area (Å²) in [6.07, 6.45) is 0. The van der Waals surface area contributed by atoms with Crippen LogP contribution in [-0.2, 0) is 6.54 Å². The van der Waals surface area contributed by atoms with Gasteiger partial charge in [0.1, 0.15) is 11.5 Å². The maximum Gasteiger partial charge on any atom is 0.257 e. The molecule has 2 rings (SSSR count). The molecule has 4 nitrogen and oxygen atoms in total. The Morgan fingerprint density at radius 1 is 1.37 bits per heavy atom. The fourth-order valence-corrected chi connectivity index (χ4v) is 2.10. The number of hydrogen-bond donors (Lipinski definition) is 1. The van der Waals surface area contributed by atoms with Gasteiger partial charge in [-0.25, -0.2) is 0 Å². The number of furan rings is 1. The lowest BCUT2D eigenvalue weighted by Crippen LogP contribution is -2.27. The van der Waals surface area contributed by atoms with Crippen molar-refractivity contribution >= 4 is 23.2 Å². The molecule has 0 aliphatic rings. The van der Waals surface area contributed by atoms with Crippen LogP contribution in [0, 0.1) is 6.92 Å². The van der Waals surface area contributed by atoms with Crippen molar-refractivity contribution in [1.29, 1.82) is 0 Å². The van der Waals surface area contributed by atoms with Crippen molar-refractivity contribution in [2.45, 2.75) is 13.5 Å². The monoisotopic (exact) mass is 278 g/mol. The van der Waals surface area contributed by atoms with E-state index >= 15 is 0 Å². The van der Waals surface area contributed by atoms with Crippen LogP contribution in [0.15, 0.2) is 34.7 Å². The van der Waals surface area contributed by atoms with Gasteiger partial charge in [0.25, 0.3) is 5.91 Å². The number of anilines is 1. The van der Waals surface area contributed by atoms with Crippen molar-refractivity contribution in [3.05, 3.63) is 52.4 Å². The van der Waals surface area contributed by atoms with Gasteiger partial charge in [-0.15, -0.1) is 0 Å². The molecule has 0 atom stereocenters. The zero-order valence-electron chi connectivity index (χ0n) is 10.8. The summed E-state index contributed by atoms with van der Waals surface area (Å²) in [7, 11) is 1.68. The van der Waals surface area contributed by atoms with Crippen LogP contribution in [0.5, 0.6) is 0 Å². The molecule has 19 heavy (non-hydrogen) atoms. The van der Waals surface area contributed by atoms with E-state index in [0.29, 0.717) is 22.8 Å². The van der Waals surface area contributed by atoms with E-state index in [1.807, 2.05) is 19.1 Å². The minimum atomic E-state index is -0.225. The standard InChI is InChI=1S/C14H15ClN2O2/c1-9-6-7-10(19-9)8-17(2)14(18)13-11(15)4-3-5-12(13)16/h3-7H,8,16H2,1-2H3. The first-order valence-electron chi connectivity index (χ1n) is 5.84. The third kappa shape index (κ3) is 2.90. The number of benzene rings is 1. The molecule has 5 heteroatoms. The van der Waals surface area contributed by atoms with Crippen molar-refractivity contribution in [2.24, 2.45) is 0 Å². The lowest BCUT2D eigenvalue weighted by Gasteiger charge is -2.17. The number of rotatable bonds is 3. The van der Waals surface area contributed by atoms with E-state index in [-0.39, 0.29) is 5.91 Å². The van der Waals surface area contributed by atoms with E-state index in [0.717, 1.165) is 11.5 Å². The van der Waals surface area contributed by atoms with Crippen LogP contribution in [0.25, 0.3) is 0 Å². The number of carbonyl (C=O) groups is 1. The number of nitrogens with zero attached hydrogens (tertiary/aromatic N) is 1. The van der Waals surface area contributed by atoms with Crippen molar-refractivity contribution < 1.29 is 9.21 Å². The van der Waals surface area contributed by atoms with E-state index in [1.54, 1.807) is 25.2 Å². The fourth-order valence-electron chi connectivity index (χ4n) is 1.83. The van der Waals surface area contributed by atoms with Crippen LogP contribution in [-0.4, -0.2) is 17.9 Å². The first-order chi connectivity index (χ1) is 8.99. The minimum absolute atomic E-state index is 0.225. The minimum Gasteiger partial charge on any atom is -0.464 e. The quantitative estimate of drug-likeness (QED) is 0.878. The Labute approximate surface area is 116 Å². The second kappa shape index (κ2) is 5.36. The molecule has 1 amide bonds. The summed E-state index contributed by atoms with van der Waals surface area (Å²) in [5, 5.41) is 0.354. The highest BCUT2D eigenvalue weighted by Gasteiger charge is 2.18. The van der Waals surface area contributed by atoms with E-state index in [9.17, 15) is 4.79 Å². The maximum atomic E-state index is 12.3. The molecule has 0 saturated carbocycles. The van der Waals surface area contributed by atoms with Crippen LogP contribution < -0.4 is 5.73 Å². The number of aryl methyl sites for hydroxylation is 1. The highest BCUT2D eigenvalue weighted by atomic mass is 35.5. The molecule has 0 saturated heterocycles. The molecule has 1 heterocycles. The van der Waals surface area contributed by atoms with E-state index in [4.69, 9.17) is 21.8 Å². The highest BCUT2D eigenvalue weighted by Crippen LogP contribution is 2.24. The summed E-state index contributed by atoms with van der Waals surface area (Å²) in [5.41, 5.74) is 6.51. The Morgan fingerprint density at radius 3 is 2.68 bits per heavy atom. The molecule has 0 unspecified atom stereocenters. The average Bonchev–Trinajstić information content (AvgIpc) is 2.74. The molecule has 2 N–H and O–H groups in total. The predicted octanol–water partition coefficient (Wildman–Crippen LogP) is 3.10. The zero-order valence-corrected chi connectivity index (χ0v) is 11.6. The number of carbonyl (C=O) groups excluding carboxylic acids is 1. The molecular weight excluding hydrogens is 264 g/mol. The summed E-state index contributed by atoms with van der Waals surface area (Å²) in [6, 6.07) is 8.72. The number of hydrogen-bond acceptors (Lipinski definition) is 3. The van der Waals surface area contributed by atoms with Gasteiger partial charge in [0.05, 0.1) is 17.1 Å². The van der Waals surface area contributed by atoms with Gasteiger partial charge in [0, 0.05) is 12.7 Å². The summed E-state index contributed by atoms with van der Waals surface area (Å²) in [5.74, 6) is 1.31. The van der Waals surface area contributed by atoms with Crippen LogP contribution in [0.2, 0.25) is 5.02 Å². The third-order valence-electron chi connectivity index (χ3n) is 2.80. The van der Waals surface area contributed by atoms with Gasteiger partial charge >= 0.3 is 0 Å². The van der Waals surface area contributed by atoms with Gasteiger partial charge in [0.2, 0.25) is 0 Å². The normalized spacial score (nSPS) is 10.5. The van der Waals surface area contributed by atoms with Gasteiger partial charge < -0.3 is 15.1 Å². The summed E-state index contributed by atoms with van der Waals surface area (Å²) >= 11 is 6.02. The number of nitrogens with two attached hydrogens (primary N) is 1. The smallest absolute Gasteiger partial charge is 0.257 e. The van der Waals surface area contributed by atoms with Gasteiger partial charge in [-0.2, -0.15) is 0 Å². The van der Waals surface area contributed by atoms with E-state index in [1.165, 1.54) is 4.90 Å². The molecule has 1 aromatic heterocycles. The van der Waals surface area contributed by atoms with E-state index in [2.05, 4.69) is 0 Å². The Balaban J connectivity index is 2.19. The molecule has 0 fully saturated rings. The topological polar surface area (TPSA) is 59.5 Å². The number of halogens is 1. The summed E-state index contributed by atoms with van der Waals surface area (Å²) in [4.78, 5) is 13.8. The molecule has 0 bridgehead atoms. The largest absolute Gasteiger partial charge is 0.464 e. The molecule has 100 valence electrons. The molecule has 0 radical (unpaired) electrons. The Kier molecular flexibility index (Phi) is 3.81. The van der Waals surface area contributed by atoms with Gasteiger partial charge in [0.15, 0.2) is 0 Å². The van der Waals surface area contributed by atoms with Crippen molar-refractivity contribution in [3.8, 4) is 0 Å².